The van der Waals surface area contributed by atoms with Crippen molar-refractivity contribution in [1.29, 1.82) is 0 Å². The minimum atomic E-state index is -0.0635. The van der Waals surface area contributed by atoms with E-state index in [4.69, 9.17) is 4.74 Å². The van der Waals surface area contributed by atoms with Crippen molar-refractivity contribution in [3.63, 3.8) is 0 Å². The smallest absolute Gasteiger partial charge is 0.0599 e. The molecule has 0 aromatic carbocycles. The average molecular weight is 229 g/mol. The Labute approximate surface area is 99.6 Å². The van der Waals surface area contributed by atoms with Gasteiger partial charge in [-0.1, -0.05) is 6.42 Å². The summed E-state index contributed by atoms with van der Waals surface area (Å²) in [6.45, 7) is 8.91. The van der Waals surface area contributed by atoms with Gasteiger partial charge in [-0.2, -0.15) is 0 Å². The van der Waals surface area contributed by atoms with Gasteiger partial charge in [0.05, 0.1) is 18.3 Å². The van der Waals surface area contributed by atoms with Crippen molar-refractivity contribution in [2.45, 2.75) is 58.2 Å². The molecule has 0 aromatic heterocycles. The highest BCUT2D eigenvalue weighted by Crippen LogP contribution is 2.23. The van der Waals surface area contributed by atoms with Crippen molar-refractivity contribution in [2.75, 3.05) is 19.7 Å². The highest BCUT2D eigenvalue weighted by atomic mass is 16.5. The number of nitrogens with one attached hydrogen (secondary N) is 1. The lowest BCUT2D eigenvalue weighted by Crippen LogP contribution is -2.32. The topological polar surface area (TPSA) is 41.5 Å². The Morgan fingerprint density at radius 3 is 2.69 bits per heavy atom. The first-order chi connectivity index (χ1) is 7.47. The van der Waals surface area contributed by atoms with Gasteiger partial charge in [0, 0.05) is 6.54 Å². The summed E-state index contributed by atoms with van der Waals surface area (Å²) in [6.07, 6.45) is 4.32. The van der Waals surface area contributed by atoms with E-state index in [-0.39, 0.29) is 11.7 Å². The van der Waals surface area contributed by atoms with E-state index in [1.807, 2.05) is 0 Å². The summed E-state index contributed by atoms with van der Waals surface area (Å²) in [7, 11) is 0. The molecule has 0 bridgehead atoms. The van der Waals surface area contributed by atoms with Gasteiger partial charge in [-0.15, -0.1) is 0 Å². The minimum absolute atomic E-state index is 0.0390. The van der Waals surface area contributed by atoms with Gasteiger partial charge in [0.1, 0.15) is 0 Å². The minimum Gasteiger partial charge on any atom is -0.393 e. The number of ether oxygens (including phenoxy) is 1. The Morgan fingerprint density at radius 2 is 2.06 bits per heavy atom. The van der Waals surface area contributed by atoms with Gasteiger partial charge in [-0.05, 0) is 52.5 Å². The fraction of sp³-hybridized carbons (Fsp3) is 1.00. The summed E-state index contributed by atoms with van der Waals surface area (Å²) in [5.41, 5.74) is -0.0390. The van der Waals surface area contributed by atoms with Crippen LogP contribution in [0.1, 0.15) is 46.5 Å². The molecule has 2 unspecified atom stereocenters. The molecule has 0 saturated heterocycles. The third-order valence-electron chi connectivity index (χ3n) is 3.00. The summed E-state index contributed by atoms with van der Waals surface area (Å²) in [4.78, 5) is 0. The molecule has 0 spiro atoms. The van der Waals surface area contributed by atoms with Crippen LogP contribution in [0, 0.1) is 5.92 Å². The Bertz CT molecular complexity index is 189. The molecule has 96 valence electrons. The summed E-state index contributed by atoms with van der Waals surface area (Å²) in [6, 6.07) is 0. The van der Waals surface area contributed by atoms with Crippen LogP contribution in [0.25, 0.3) is 0 Å². The molecular formula is C13H27NO2. The summed E-state index contributed by atoms with van der Waals surface area (Å²) < 4.78 is 5.63. The normalized spacial score (nSPS) is 27.0. The second kappa shape index (κ2) is 6.58. The van der Waals surface area contributed by atoms with Crippen LogP contribution in [0.3, 0.4) is 0 Å². The molecule has 1 aliphatic rings. The molecule has 1 fully saturated rings. The number of hydrogen-bond acceptors (Lipinski definition) is 3. The zero-order valence-corrected chi connectivity index (χ0v) is 11.0. The van der Waals surface area contributed by atoms with Crippen molar-refractivity contribution in [3.05, 3.63) is 0 Å². The Hall–Kier alpha value is -0.120. The predicted octanol–water partition coefficient (Wildman–Crippen LogP) is 1.94. The fourth-order valence-electron chi connectivity index (χ4n) is 2.18. The van der Waals surface area contributed by atoms with E-state index in [0.717, 1.165) is 32.5 Å². The predicted molar refractivity (Wildman–Crippen MR) is 66.5 cm³/mol. The van der Waals surface area contributed by atoms with Crippen molar-refractivity contribution >= 4 is 0 Å². The number of aliphatic hydroxyl groups is 1. The lowest BCUT2D eigenvalue weighted by Gasteiger charge is -2.26. The van der Waals surface area contributed by atoms with E-state index in [0.29, 0.717) is 5.92 Å². The molecule has 3 nitrogen and oxygen atoms in total. The summed E-state index contributed by atoms with van der Waals surface area (Å²) in [5, 5.41) is 12.9. The first kappa shape index (κ1) is 13.9. The van der Waals surface area contributed by atoms with Gasteiger partial charge in [0.15, 0.2) is 0 Å². The maximum atomic E-state index is 9.54. The first-order valence-corrected chi connectivity index (χ1v) is 6.50. The molecule has 16 heavy (non-hydrogen) atoms. The van der Waals surface area contributed by atoms with Crippen molar-refractivity contribution in [2.24, 2.45) is 5.92 Å². The highest BCUT2D eigenvalue weighted by Gasteiger charge is 2.19. The molecule has 0 amide bonds. The largest absolute Gasteiger partial charge is 0.393 e. The molecule has 0 aliphatic heterocycles. The van der Waals surface area contributed by atoms with Crippen LogP contribution < -0.4 is 5.32 Å². The van der Waals surface area contributed by atoms with Crippen LogP contribution in [0.4, 0.5) is 0 Å². The SMILES string of the molecule is CC(C)(C)OCCNCC1CCCC(O)C1. The third kappa shape index (κ3) is 6.46. The zero-order valence-electron chi connectivity index (χ0n) is 11.0. The molecular weight excluding hydrogens is 202 g/mol. The Balaban J connectivity index is 1.98. The third-order valence-corrected chi connectivity index (χ3v) is 3.00. The molecule has 0 heterocycles. The van der Waals surface area contributed by atoms with E-state index < -0.39 is 0 Å². The molecule has 1 aliphatic carbocycles. The number of hydrogen-bond donors (Lipinski definition) is 2. The van der Waals surface area contributed by atoms with E-state index in [2.05, 4.69) is 26.1 Å². The van der Waals surface area contributed by atoms with Crippen LogP contribution in [-0.2, 0) is 4.74 Å². The van der Waals surface area contributed by atoms with Crippen LogP contribution in [0.2, 0.25) is 0 Å². The Morgan fingerprint density at radius 1 is 1.31 bits per heavy atom. The van der Waals surface area contributed by atoms with Crippen molar-refractivity contribution < 1.29 is 9.84 Å². The maximum absolute atomic E-state index is 9.54. The number of rotatable bonds is 5. The van der Waals surface area contributed by atoms with Crippen LogP contribution >= 0.6 is 0 Å². The highest BCUT2D eigenvalue weighted by molar-refractivity contribution is 4.73. The van der Waals surface area contributed by atoms with Gasteiger partial charge >= 0.3 is 0 Å². The van der Waals surface area contributed by atoms with Gasteiger partial charge in [-0.25, -0.2) is 0 Å². The molecule has 1 rings (SSSR count). The fourth-order valence-corrected chi connectivity index (χ4v) is 2.18. The first-order valence-electron chi connectivity index (χ1n) is 6.50. The second-order valence-electron chi connectivity index (χ2n) is 5.85. The molecule has 2 N–H and O–H groups in total. The second-order valence-corrected chi connectivity index (χ2v) is 5.85. The zero-order chi connectivity index (χ0) is 12.0. The van der Waals surface area contributed by atoms with Gasteiger partial charge in [-0.3, -0.25) is 0 Å². The lowest BCUT2D eigenvalue weighted by atomic mass is 9.87. The lowest BCUT2D eigenvalue weighted by molar-refractivity contribution is -0.00136. The van der Waals surface area contributed by atoms with E-state index in [1.54, 1.807) is 0 Å². The van der Waals surface area contributed by atoms with Crippen molar-refractivity contribution in [3.8, 4) is 0 Å². The van der Waals surface area contributed by atoms with Gasteiger partial charge in [0.25, 0.3) is 0 Å². The summed E-state index contributed by atoms with van der Waals surface area (Å²) in [5.74, 6) is 0.651. The van der Waals surface area contributed by atoms with Gasteiger partial charge in [0.2, 0.25) is 0 Å². The van der Waals surface area contributed by atoms with Crippen LogP contribution in [-0.4, -0.2) is 36.5 Å². The quantitative estimate of drug-likeness (QED) is 0.708. The number of aliphatic hydroxyl groups excluding tert-OH is 1. The van der Waals surface area contributed by atoms with E-state index >= 15 is 0 Å². The van der Waals surface area contributed by atoms with E-state index in [9.17, 15) is 5.11 Å². The molecule has 0 aromatic rings. The van der Waals surface area contributed by atoms with Crippen molar-refractivity contribution in [1.82, 2.24) is 5.32 Å². The van der Waals surface area contributed by atoms with Crippen LogP contribution in [0.15, 0.2) is 0 Å². The molecule has 3 heteroatoms. The molecule has 2 atom stereocenters. The summed E-state index contributed by atoms with van der Waals surface area (Å²) >= 11 is 0. The maximum Gasteiger partial charge on any atom is 0.0599 e. The van der Waals surface area contributed by atoms with Crippen LogP contribution in [0.5, 0.6) is 0 Å². The van der Waals surface area contributed by atoms with E-state index in [1.165, 1.54) is 12.8 Å². The molecule has 1 saturated carbocycles. The molecule has 0 radical (unpaired) electrons. The average Bonchev–Trinajstić information content (AvgIpc) is 2.15. The Kier molecular flexibility index (Phi) is 5.73. The van der Waals surface area contributed by atoms with Gasteiger partial charge < -0.3 is 15.2 Å². The monoisotopic (exact) mass is 229 g/mol. The standard InChI is InChI=1S/C13H27NO2/c1-13(2,3)16-8-7-14-10-11-5-4-6-12(15)9-11/h11-12,14-15H,4-10H2,1-3H3.